The highest BCUT2D eigenvalue weighted by molar-refractivity contribution is 6.23. The molecule has 3 heterocycles. The van der Waals surface area contributed by atoms with Crippen molar-refractivity contribution < 1.29 is 8.83 Å². The van der Waals surface area contributed by atoms with Crippen molar-refractivity contribution in [3.05, 3.63) is 102 Å². The minimum Gasteiger partial charge on any atom is -0.456 e. The van der Waals surface area contributed by atoms with Crippen molar-refractivity contribution in [1.82, 2.24) is 4.98 Å². The minimum absolute atomic E-state index is 0.870. The molecule has 0 spiro atoms. The van der Waals surface area contributed by atoms with E-state index in [9.17, 15) is 0 Å². The SMILES string of the molecule is Cc1cccc2c1oc1c(-c3ccnc(-c4ccccc4)c3)c3c(cc12)oc1c(C)cccc13. The molecule has 3 nitrogen and oxygen atoms in total. The van der Waals surface area contributed by atoms with Crippen LogP contribution in [0.1, 0.15) is 11.1 Å². The molecular formula is C31H21NO2. The van der Waals surface area contributed by atoms with Crippen LogP contribution in [0, 0.1) is 13.8 Å². The molecule has 162 valence electrons. The first-order valence-corrected chi connectivity index (χ1v) is 11.5. The first-order valence-electron chi connectivity index (χ1n) is 11.5. The summed E-state index contributed by atoms with van der Waals surface area (Å²) in [6, 6.07) is 29.2. The zero-order valence-electron chi connectivity index (χ0n) is 18.9. The van der Waals surface area contributed by atoms with Gasteiger partial charge in [-0.1, -0.05) is 66.7 Å². The van der Waals surface area contributed by atoms with Crippen LogP contribution in [-0.4, -0.2) is 4.98 Å². The summed E-state index contributed by atoms with van der Waals surface area (Å²) < 4.78 is 13.1. The minimum atomic E-state index is 0.870. The van der Waals surface area contributed by atoms with Gasteiger partial charge in [0.25, 0.3) is 0 Å². The van der Waals surface area contributed by atoms with Gasteiger partial charge in [-0.2, -0.15) is 0 Å². The molecular weight excluding hydrogens is 418 g/mol. The second kappa shape index (κ2) is 7.06. The highest BCUT2D eigenvalue weighted by atomic mass is 16.3. The van der Waals surface area contributed by atoms with Gasteiger partial charge in [-0.3, -0.25) is 4.98 Å². The van der Waals surface area contributed by atoms with Gasteiger partial charge in [0.2, 0.25) is 0 Å². The normalized spacial score (nSPS) is 11.8. The number of hydrogen-bond acceptors (Lipinski definition) is 3. The lowest BCUT2D eigenvalue weighted by atomic mass is 9.95. The van der Waals surface area contributed by atoms with Crippen LogP contribution < -0.4 is 0 Å². The van der Waals surface area contributed by atoms with Gasteiger partial charge in [0.1, 0.15) is 22.3 Å². The zero-order chi connectivity index (χ0) is 22.8. The third-order valence-electron chi connectivity index (χ3n) is 6.76. The lowest BCUT2D eigenvalue weighted by Crippen LogP contribution is -1.87. The Balaban J connectivity index is 1.67. The molecule has 0 atom stereocenters. The molecule has 3 aromatic heterocycles. The van der Waals surface area contributed by atoms with Crippen molar-refractivity contribution in [2.75, 3.05) is 0 Å². The molecule has 0 fully saturated rings. The Morgan fingerprint density at radius 1 is 0.588 bits per heavy atom. The lowest BCUT2D eigenvalue weighted by Gasteiger charge is -2.08. The molecule has 0 saturated heterocycles. The summed E-state index contributed by atoms with van der Waals surface area (Å²) in [6.45, 7) is 4.18. The van der Waals surface area contributed by atoms with Crippen molar-refractivity contribution in [2.24, 2.45) is 0 Å². The van der Waals surface area contributed by atoms with Crippen LogP contribution in [0.5, 0.6) is 0 Å². The molecule has 0 bridgehead atoms. The highest BCUT2D eigenvalue weighted by Gasteiger charge is 2.22. The first kappa shape index (κ1) is 19.1. The van der Waals surface area contributed by atoms with Crippen molar-refractivity contribution in [2.45, 2.75) is 13.8 Å². The van der Waals surface area contributed by atoms with E-state index in [0.717, 1.165) is 77.4 Å². The average molecular weight is 440 g/mol. The molecule has 0 N–H and O–H groups in total. The summed E-state index contributed by atoms with van der Waals surface area (Å²) in [5.74, 6) is 0. The maximum absolute atomic E-state index is 6.61. The predicted octanol–water partition coefficient (Wildman–Crippen LogP) is 8.83. The molecule has 0 aliphatic rings. The number of pyridine rings is 1. The predicted molar refractivity (Wildman–Crippen MR) is 139 cm³/mol. The number of rotatable bonds is 2. The molecule has 4 aromatic carbocycles. The lowest BCUT2D eigenvalue weighted by molar-refractivity contribution is 0.661. The zero-order valence-corrected chi connectivity index (χ0v) is 18.9. The Morgan fingerprint density at radius 3 is 2.12 bits per heavy atom. The third kappa shape index (κ3) is 2.67. The molecule has 34 heavy (non-hydrogen) atoms. The fourth-order valence-corrected chi connectivity index (χ4v) is 5.12. The number of benzene rings is 4. The van der Waals surface area contributed by atoms with Crippen LogP contribution in [0.4, 0.5) is 0 Å². The van der Waals surface area contributed by atoms with Gasteiger partial charge < -0.3 is 8.83 Å². The molecule has 0 amide bonds. The van der Waals surface area contributed by atoms with Crippen molar-refractivity contribution in [1.29, 1.82) is 0 Å². The summed E-state index contributed by atoms with van der Waals surface area (Å²) in [5, 5.41) is 4.35. The monoisotopic (exact) mass is 439 g/mol. The fourth-order valence-electron chi connectivity index (χ4n) is 5.12. The van der Waals surface area contributed by atoms with Crippen molar-refractivity contribution >= 4 is 43.9 Å². The molecule has 7 rings (SSSR count). The number of aryl methyl sites for hydroxylation is 2. The maximum Gasteiger partial charge on any atom is 0.144 e. The molecule has 0 aliphatic heterocycles. The molecule has 0 radical (unpaired) electrons. The van der Waals surface area contributed by atoms with Crippen molar-refractivity contribution in [3.8, 4) is 22.4 Å². The van der Waals surface area contributed by atoms with Crippen LogP contribution in [0.2, 0.25) is 0 Å². The number of para-hydroxylation sites is 2. The smallest absolute Gasteiger partial charge is 0.144 e. The Kier molecular flexibility index (Phi) is 3.97. The highest BCUT2D eigenvalue weighted by Crippen LogP contribution is 2.45. The van der Waals surface area contributed by atoms with E-state index in [1.807, 2.05) is 24.4 Å². The molecule has 0 unspecified atom stereocenters. The third-order valence-corrected chi connectivity index (χ3v) is 6.76. The van der Waals surface area contributed by atoms with Crippen LogP contribution in [0.15, 0.2) is 100.0 Å². The number of hydrogen-bond donors (Lipinski definition) is 0. The maximum atomic E-state index is 6.61. The van der Waals surface area contributed by atoms with E-state index in [-0.39, 0.29) is 0 Å². The van der Waals surface area contributed by atoms with Gasteiger partial charge in [-0.15, -0.1) is 0 Å². The van der Waals surface area contributed by atoms with Gasteiger partial charge >= 0.3 is 0 Å². The van der Waals surface area contributed by atoms with Crippen LogP contribution in [0.25, 0.3) is 66.3 Å². The van der Waals surface area contributed by atoms with E-state index in [1.165, 1.54) is 0 Å². The molecule has 0 aliphatic carbocycles. The second-order valence-electron chi connectivity index (χ2n) is 8.90. The van der Waals surface area contributed by atoms with Crippen LogP contribution >= 0.6 is 0 Å². The van der Waals surface area contributed by atoms with E-state index < -0.39 is 0 Å². The summed E-state index contributed by atoms with van der Waals surface area (Å²) in [7, 11) is 0. The summed E-state index contributed by atoms with van der Waals surface area (Å²) in [6.07, 6.45) is 1.88. The van der Waals surface area contributed by atoms with Crippen molar-refractivity contribution in [3.63, 3.8) is 0 Å². The fraction of sp³-hybridized carbons (Fsp3) is 0.0645. The molecule has 0 saturated carbocycles. The number of aromatic nitrogens is 1. The van der Waals surface area contributed by atoms with E-state index >= 15 is 0 Å². The van der Waals surface area contributed by atoms with Gasteiger partial charge in [-0.05, 0) is 48.7 Å². The second-order valence-corrected chi connectivity index (χ2v) is 8.90. The van der Waals surface area contributed by atoms with Gasteiger partial charge in [0.05, 0.1) is 5.69 Å². The van der Waals surface area contributed by atoms with E-state index in [1.54, 1.807) is 0 Å². The molecule has 7 aromatic rings. The number of fused-ring (bicyclic) bond motifs is 6. The van der Waals surface area contributed by atoms with Crippen LogP contribution in [-0.2, 0) is 0 Å². The van der Waals surface area contributed by atoms with E-state index in [4.69, 9.17) is 8.83 Å². The van der Waals surface area contributed by atoms with Gasteiger partial charge in [0.15, 0.2) is 0 Å². The summed E-state index contributed by atoms with van der Waals surface area (Å²) in [5.41, 5.74) is 9.96. The van der Waals surface area contributed by atoms with E-state index in [0.29, 0.717) is 0 Å². The van der Waals surface area contributed by atoms with Crippen LogP contribution in [0.3, 0.4) is 0 Å². The standard InChI is InChI=1S/C31H21NO2/c1-18-8-6-12-22-24-17-26-28(23-13-7-9-19(2)30(23)33-26)27(31(24)34-29(18)22)21-14-15-32-25(16-21)20-10-4-3-5-11-20/h3-17H,1-2H3. The summed E-state index contributed by atoms with van der Waals surface area (Å²) >= 11 is 0. The Labute approximate surface area is 196 Å². The first-order chi connectivity index (χ1) is 16.7. The summed E-state index contributed by atoms with van der Waals surface area (Å²) in [4.78, 5) is 4.66. The Morgan fingerprint density at radius 2 is 1.32 bits per heavy atom. The Hall–Kier alpha value is -4.37. The average Bonchev–Trinajstić information content (AvgIpc) is 3.43. The quantitative estimate of drug-likeness (QED) is 0.270. The Bertz CT molecular complexity index is 1860. The number of nitrogens with zero attached hydrogens (tertiary/aromatic N) is 1. The van der Waals surface area contributed by atoms with Gasteiger partial charge in [-0.25, -0.2) is 0 Å². The van der Waals surface area contributed by atoms with E-state index in [2.05, 4.69) is 85.6 Å². The topological polar surface area (TPSA) is 39.2 Å². The number of furan rings is 2. The molecule has 3 heteroatoms. The van der Waals surface area contributed by atoms with Gasteiger partial charge in [0, 0.05) is 38.9 Å². The largest absolute Gasteiger partial charge is 0.456 e.